The van der Waals surface area contributed by atoms with Crippen LogP contribution in [0.2, 0.25) is 0 Å². The van der Waals surface area contributed by atoms with Gasteiger partial charge in [0.25, 0.3) is 5.91 Å². The van der Waals surface area contributed by atoms with Gasteiger partial charge in [0, 0.05) is 12.6 Å². The largest absolute Gasteiger partial charge is 0.471 e. The number of primary amides is 1. The van der Waals surface area contributed by atoms with Gasteiger partial charge >= 0.3 is 6.03 Å². The predicted octanol–water partition coefficient (Wildman–Crippen LogP) is 3.98. The number of carbonyl (C=O) groups excluding carboxylic acids is 2. The molecule has 5 N–H and O–H groups in total. The van der Waals surface area contributed by atoms with Crippen molar-refractivity contribution in [1.29, 1.82) is 0 Å². The molecular formula is C22H28F3N5O3S. The Morgan fingerprint density at radius 2 is 1.91 bits per heavy atom. The van der Waals surface area contributed by atoms with Gasteiger partial charge in [-0.05, 0) is 55.9 Å². The highest BCUT2D eigenvalue weighted by molar-refractivity contribution is 7.11. The van der Waals surface area contributed by atoms with Crippen molar-refractivity contribution >= 4 is 28.5 Å². The van der Waals surface area contributed by atoms with Crippen molar-refractivity contribution in [2.24, 2.45) is 5.73 Å². The van der Waals surface area contributed by atoms with Crippen LogP contribution in [0.3, 0.4) is 0 Å². The first-order valence-electron chi connectivity index (χ1n) is 11.1. The van der Waals surface area contributed by atoms with Gasteiger partial charge < -0.3 is 21.1 Å². The molecule has 1 aromatic carbocycles. The van der Waals surface area contributed by atoms with Crippen LogP contribution in [-0.2, 0) is 6.61 Å². The van der Waals surface area contributed by atoms with Crippen LogP contribution in [0, 0.1) is 24.4 Å². The minimum absolute atomic E-state index is 0.0244. The van der Waals surface area contributed by atoms with Gasteiger partial charge in [-0.25, -0.2) is 18.0 Å². The Labute approximate surface area is 199 Å². The van der Waals surface area contributed by atoms with Crippen LogP contribution in [0.25, 0.3) is 0 Å². The Balaban J connectivity index is 1.53. The van der Waals surface area contributed by atoms with E-state index in [4.69, 9.17) is 10.5 Å². The van der Waals surface area contributed by atoms with Crippen LogP contribution in [0.5, 0.6) is 5.88 Å². The molecule has 34 heavy (non-hydrogen) atoms. The number of aromatic nitrogens is 1. The summed E-state index contributed by atoms with van der Waals surface area (Å²) in [6.07, 6.45) is 6.86. The van der Waals surface area contributed by atoms with Gasteiger partial charge in [-0.15, -0.1) is 0 Å². The van der Waals surface area contributed by atoms with E-state index in [-0.39, 0.29) is 22.0 Å². The molecule has 12 heteroatoms. The number of ether oxygens (including phenoxy) is 1. The number of hydrogen-bond donors (Lipinski definition) is 4. The Kier molecular flexibility index (Phi) is 9.11. The quantitative estimate of drug-likeness (QED) is 0.291. The van der Waals surface area contributed by atoms with E-state index < -0.39 is 41.6 Å². The number of nitrogens with two attached hydrogens (primary N) is 1. The van der Waals surface area contributed by atoms with Gasteiger partial charge in [-0.1, -0.05) is 19.3 Å². The normalized spacial score (nSPS) is 14.1. The highest BCUT2D eigenvalue weighted by Gasteiger charge is 2.24. The molecule has 1 aliphatic rings. The maximum Gasteiger partial charge on any atom is 0.319 e. The number of hydrogen-bond acceptors (Lipinski definition) is 6. The zero-order valence-electron chi connectivity index (χ0n) is 18.8. The first kappa shape index (κ1) is 25.8. The van der Waals surface area contributed by atoms with Crippen LogP contribution in [-0.4, -0.2) is 35.4 Å². The van der Waals surface area contributed by atoms with E-state index >= 15 is 0 Å². The van der Waals surface area contributed by atoms with Crippen LogP contribution < -0.4 is 26.4 Å². The molecule has 1 saturated carbocycles. The average Bonchev–Trinajstić information content (AvgIpc) is 3.20. The highest BCUT2D eigenvalue weighted by atomic mass is 32.1. The van der Waals surface area contributed by atoms with Crippen molar-refractivity contribution in [3.8, 4) is 5.88 Å². The Morgan fingerprint density at radius 3 is 2.62 bits per heavy atom. The fraction of sp³-hybridized carbons (Fsp3) is 0.500. The van der Waals surface area contributed by atoms with Gasteiger partial charge in [0.15, 0.2) is 11.6 Å². The van der Waals surface area contributed by atoms with Crippen molar-refractivity contribution in [2.75, 3.05) is 18.4 Å². The third kappa shape index (κ3) is 6.60. The molecule has 2 aromatic rings. The van der Waals surface area contributed by atoms with Crippen molar-refractivity contribution in [1.82, 2.24) is 15.0 Å². The lowest BCUT2D eigenvalue weighted by molar-refractivity contribution is 0.0996. The molecule has 0 spiro atoms. The third-order valence-electron chi connectivity index (χ3n) is 5.60. The maximum absolute atomic E-state index is 14.1. The molecule has 0 bridgehead atoms. The van der Waals surface area contributed by atoms with Crippen molar-refractivity contribution in [3.05, 3.63) is 40.2 Å². The molecule has 3 amide bonds. The second-order valence-electron chi connectivity index (χ2n) is 8.15. The number of carbonyl (C=O) groups is 2. The minimum Gasteiger partial charge on any atom is -0.471 e. The van der Waals surface area contributed by atoms with Gasteiger partial charge in [0.2, 0.25) is 5.88 Å². The summed E-state index contributed by atoms with van der Waals surface area (Å²) in [5, 5.41) is 8.67. The van der Waals surface area contributed by atoms with E-state index in [1.807, 2.05) is 0 Å². The molecule has 0 unspecified atom stereocenters. The summed E-state index contributed by atoms with van der Waals surface area (Å²) in [7, 11) is 0. The number of nitrogens with one attached hydrogen (secondary N) is 3. The smallest absolute Gasteiger partial charge is 0.319 e. The number of anilines is 1. The summed E-state index contributed by atoms with van der Waals surface area (Å²) in [6.45, 7) is 1.70. The molecule has 0 saturated heterocycles. The third-order valence-corrected chi connectivity index (χ3v) is 6.35. The summed E-state index contributed by atoms with van der Waals surface area (Å²) < 4.78 is 51.0. The van der Waals surface area contributed by atoms with E-state index in [9.17, 15) is 22.8 Å². The second-order valence-corrected chi connectivity index (χ2v) is 8.92. The van der Waals surface area contributed by atoms with E-state index in [1.54, 1.807) is 0 Å². The van der Waals surface area contributed by atoms with Crippen molar-refractivity contribution in [2.45, 2.75) is 58.1 Å². The van der Waals surface area contributed by atoms with Crippen LogP contribution in [0.4, 0.5) is 23.0 Å². The van der Waals surface area contributed by atoms with Crippen LogP contribution in [0.15, 0.2) is 6.07 Å². The standard InChI is InChI=1S/C22H28F3N5O3S/c1-12-10-15(23)14(18(25)17(12)24)11-33-20-16(19(26)31)21(34-30-20)29-22(32)28-9-5-8-27-13-6-3-2-4-7-13/h10,13,27H,2-9,11H2,1H3,(H2,26,31)(H2,28,29,32). The van der Waals surface area contributed by atoms with E-state index in [0.717, 1.165) is 30.6 Å². The molecule has 1 fully saturated rings. The highest BCUT2D eigenvalue weighted by Crippen LogP contribution is 2.31. The van der Waals surface area contributed by atoms with Crippen molar-refractivity contribution < 1.29 is 27.5 Å². The molecule has 0 aliphatic heterocycles. The summed E-state index contributed by atoms with van der Waals surface area (Å²) >= 11 is 0.723. The molecule has 1 aromatic heterocycles. The number of halogens is 3. The van der Waals surface area contributed by atoms with E-state index in [0.29, 0.717) is 12.6 Å². The first-order chi connectivity index (χ1) is 16.3. The minimum atomic E-state index is -1.39. The van der Waals surface area contributed by atoms with Gasteiger partial charge in [-0.3, -0.25) is 10.1 Å². The van der Waals surface area contributed by atoms with Gasteiger partial charge in [-0.2, -0.15) is 4.37 Å². The Hall–Kier alpha value is -2.86. The molecule has 8 nitrogen and oxygen atoms in total. The topological polar surface area (TPSA) is 118 Å². The molecular weight excluding hydrogens is 471 g/mol. The van der Waals surface area contributed by atoms with Crippen LogP contribution >= 0.6 is 11.5 Å². The van der Waals surface area contributed by atoms with Crippen molar-refractivity contribution in [3.63, 3.8) is 0 Å². The fourth-order valence-corrected chi connectivity index (χ4v) is 4.49. The number of amides is 3. The monoisotopic (exact) mass is 499 g/mol. The Bertz CT molecular complexity index is 1030. The second kappa shape index (κ2) is 12.0. The first-order valence-corrected chi connectivity index (χ1v) is 11.9. The van der Waals surface area contributed by atoms with Gasteiger partial charge in [0.05, 0.1) is 5.56 Å². The number of aryl methyl sites for hydroxylation is 1. The number of nitrogens with zero attached hydrogens (tertiary/aromatic N) is 1. The Morgan fingerprint density at radius 1 is 1.18 bits per heavy atom. The zero-order valence-corrected chi connectivity index (χ0v) is 19.6. The molecule has 0 atom stereocenters. The molecule has 186 valence electrons. The number of rotatable bonds is 10. The zero-order chi connectivity index (χ0) is 24.7. The maximum atomic E-state index is 14.1. The number of urea groups is 1. The van der Waals surface area contributed by atoms with Crippen LogP contribution in [0.1, 0.15) is 60.0 Å². The lowest BCUT2D eigenvalue weighted by Crippen LogP contribution is -2.35. The van der Waals surface area contributed by atoms with E-state index in [1.165, 1.54) is 39.0 Å². The SMILES string of the molecule is Cc1cc(F)c(COc2nsc(NC(=O)NCCCNC3CCCCC3)c2C(N)=O)c(F)c1F. The molecule has 1 aliphatic carbocycles. The summed E-state index contributed by atoms with van der Waals surface area (Å²) in [5.41, 5.74) is 4.30. The number of benzene rings is 1. The molecule has 1 heterocycles. The summed E-state index contributed by atoms with van der Waals surface area (Å²) in [4.78, 5) is 24.1. The average molecular weight is 500 g/mol. The summed E-state index contributed by atoms with van der Waals surface area (Å²) in [6, 6.07) is 0.817. The molecule has 0 radical (unpaired) electrons. The summed E-state index contributed by atoms with van der Waals surface area (Å²) in [5.74, 6) is -4.84. The lowest BCUT2D eigenvalue weighted by Gasteiger charge is -2.22. The fourth-order valence-electron chi connectivity index (χ4n) is 3.75. The lowest BCUT2D eigenvalue weighted by atomic mass is 9.95. The predicted molar refractivity (Wildman–Crippen MR) is 123 cm³/mol. The van der Waals surface area contributed by atoms with Gasteiger partial charge in [0.1, 0.15) is 23.0 Å². The molecule has 3 rings (SSSR count). The van der Waals surface area contributed by atoms with E-state index in [2.05, 4.69) is 20.3 Å².